The van der Waals surface area contributed by atoms with Crippen molar-refractivity contribution in [1.29, 1.82) is 0 Å². The van der Waals surface area contributed by atoms with E-state index in [4.69, 9.17) is 9.47 Å². The van der Waals surface area contributed by atoms with Crippen LogP contribution < -0.4 is 15.4 Å². The molecule has 1 aliphatic carbocycles. The highest BCUT2D eigenvalue weighted by molar-refractivity contribution is 7.91. The van der Waals surface area contributed by atoms with Crippen molar-refractivity contribution >= 4 is 51.8 Å². The summed E-state index contributed by atoms with van der Waals surface area (Å²) < 4.78 is 39.2. The number of fused-ring (bicyclic) bond motifs is 3. The quantitative estimate of drug-likeness (QED) is 0.265. The molecule has 4 bridgehead atoms. The Morgan fingerprint density at radius 3 is 2.53 bits per heavy atom. The maximum atomic E-state index is 14.5. The monoisotopic (exact) mass is 811 g/mol. The molecule has 16 heteroatoms. The van der Waals surface area contributed by atoms with Gasteiger partial charge in [-0.3, -0.25) is 28.8 Å². The van der Waals surface area contributed by atoms with Crippen molar-refractivity contribution in [3.63, 3.8) is 0 Å². The summed E-state index contributed by atoms with van der Waals surface area (Å²) in [6, 6.07) is 3.26. The van der Waals surface area contributed by atoms with E-state index in [1.54, 1.807) is 25.7 Å². The van der Waals surface area contributed by atoms with Gasteiger partial charge in [-0.1, -0.05) is 63.1 Å². The van der Waals surface area contributed by atoms with E-state index >= 15 is 0 Å². The van der Waals surface area contributed by atoms with Crippen molar-refractivity contribution in [1.82, 2.24) is 25.2 Å². The van der Waals surface area contributed by atoms with Gasteiger partial charge in [0.1, 0.15) is 23.7 Å². The number of nitrogens with one attached hydrogen (secondary N) is 3. The normalized spacial score (nSPS) is 24.2. The molecule has 1 saturated heterocycles. The molecule has 0 aromatic heterocycles. The van der Waals surface area contributed by atoms with Gasteiger partial charge in [0.25, 0.3) is 5.91 Å². The van der Waals surface area contributed by atoms with Gasteiger partial charge in [0.05, 0.1) is 24.9 Å². The Bertz CT molecular complexity index is 1920. The predicted octanol–water partition coefficient (Wildman–Crippen LogP) is 4.64. The molecule has 5 amide bonds. The highest BCUT2D eigenvalue weighted by atomic mass is 32.2. The van der Waals surface area contributed by atoms with E-state index in [-0.39, 0.29) is 44.6 Å². The van der Waals surface area contributed by atoms with Crippen molar-refractivity contribution in [3.8, 4) is 0 Å². The molecule has 1 aromatic carbocycles. The number of amides is 5. The van der Waals surface area contributed by atoms with Crippen LogP contribution in [0.5, 0.6) is 0 Å². The smallest absolute Gasteiger partial charge is 0.410 e. The van der Waals surface area contributed by atoms with Gasteiger partial charge in [0.2, 0.25) is 21.8 Å². The summed E-state index contributed by atoms with van der Waals surface area (Å²) in [4.78, 5) is 84.9. The second-order valence-corrected chi connectivity index (χ2v) is 18.9. The van der Waals surface area contributed by atoms with Crippen LogP contribution in [0.3, 0.4) is 0 Å². The fraction of sp³-hybridized carbons (Fsp3) is 0.610. The molecule has 4 atom stereocenters. The number of sulfonamides is 1. The van der Waals surface area contributed by atoms with E-state index in [0.29, 0.717) is 45.2 Å². The summed E-state index contributed by atoms with van der Waals surface area (Å²) in [5.74, 6) is -2.66. The average molecular weight is 812 g/mol. The lowest BCUT2D eigenvalue weighted by Gasteiger charge is -2.33. The molecular formula is C41H57N5O10S. The highest BCUT2D eigenvalue weighted by Crippen LogP contribution is 2.32. The van der Waals surface area contributed by atoms with Gasteiger partial charge < -0.3 is 25.0 Å². The largest absolute Gasteiger partial charge is 0.449 e. The third-order valence-electron chi connectivity index (χ3n) is 10.8. The summed E-state index contributed by atoms with van der Waals surface area (Å²) >= 11 is 0. The second kappa shape index (κ2) is 17.8. The number of hydrogen-bond donors (Lipinski definition) is 3. The molecular weight excluding hydrogens is 755 g/mol. The molecule has 1 aromatic rings. The Morgan fingerprint density at radius 1 is 1.11 bits per heavy atom. The van der Waals surface area contributed by atoms with E-state index in [1.807, 2.05) is 44.2 Å². The first kappa shape index (κ1) is 43.4. The van der Waals surface area contributed by atoms with Gasteiger partial charge in [0, 0.05) is 19.4 Å². The summed E-state index contributed by atoms with van der Waals surface area (Å²) in [5, 5.41) is 4.67. The number of carbonyl (C=O) groups is 6. The van der Waals surface area contributed by atoms with Crippen LogP contribution in [0.2, 0.25) is 0 Å². The van der Waals surface area contributed by atoms with Gasteiger partial charge in [-0.2, -0.15) is 0 Å². The number of carbonyl (C=O) groups excluding carboxylic acids is 6. The SMILES string of the molecule is CCC[C@](C)(NC(=O)[C@@H]1C[C@@H]2CN1C(=O)[C@H](CCC(=O)C=C(C)C)NC(=O)OCC(C)(C)CC/C=C/c1cccc3c1CN(C3)C(=O)O2)C(=O)NS(=O)(=O)C1CC1. The third kappa shape index (κ3) is 11.2. The van der Waals surface area contributed by atoms with Crippen molar-refractivity contribution in [2.45, 2.75) is 141 Å². The summed E-state index contributed by atoms with van der Waals surface area (Å²) in [7, 11) is -3.94. The lowest BCUT2D eigenvalue weighted by atomic mass is 9.88. The van der Waals surface area contributed by atoms with E-state index in [9.17, 15) is 37.2 Å². The molecule has 0 radical (unpaired) electrons. The average Bonchev–Trinajstić information content (AvgIpc) is 3.78. The lowest BCUT2D eigenvalue weighted by molar-refractivity contribution is -0.142. The Hall–Kier alpha value is -4.73. The van der Waals surface area contributed by atoms with Crippen LogP contribution in [0.1, 0.15) is 116 Å². The zero-order chi connectivity index (χ0) is 41.7. The highest BCUT2D eigenvalue weighted by Gasteiger charge is 2.48. The molecule has 57 heavy (non-hydrogen) atoms. The molecule has 15 nitrogen and oxygen atoms in total. The van der Waals surface area contributed by atoms with Gasteiger partial charge in [-0.15, -0.1) is 0 Å². The van der Waals surface area contributed by atoms with Crippen LogP contribution in [-0.4, -0.2) is 96.0 Å². The third-order valence-corrected chi connectivity index (χ3v) is 12.7. The van der Waals surface area contributed by atoms with Crippen molar-refractivity contribution in [2.24, 2.45) is 5.41 Å². The molecule has 3 heterocycles. The van der Waals surface area contributed by atoms with Crippen molar-refractivity contribution in [2.75, 3.05) is 13.2 Å². The van der Waals surface area contributed by atoms with Gasteiger partial charge >= 0.3 is 12.2 Å². The van der Waals surface area contributed by atoms with Crippen molar-refractivity contribution < 1.29 is 46.7 Å². The number of alkyl carbamates (subject to hydrolysis) is 1. The van der Waals surface area contributed by atoms with Crippen LogP contribution in [0.4, 0.5) is 9.59 Å². The number of hydrogen-bond acceptors (Lipinski definition) is 10. The van der Waals surface area contributed by atoms with Crippen LogP contribution in [0.25, 0.3) is 6.08 Å². The maximum Gasteiger partial charge on any atom is 0.410 e. The van der Waals surface area contributed by atoms with Gasteiger partial charge in [-0.25, -0.2) is 18.0 Å². The minimum absolute atomic E-state index is 0.0429. The molecule has 5 rings (SSSR count). The second-order valence-electron chi connectivity index (χ2n) is 16.9. The molecule has 2 fully saturated rings. The summed E-state index contributed by atoms with van der Waals surface area (Å²) in [6.07, 6.45) is 5.37. The fourth-order valence-electron chi connectivity index (χ4n) is 7.46. The van der Waals surface area contributed by atoms with Gasteiger partial charge in [0.15, 0.2) is 5.78 Å². The van der Waals surface area contributed by atoms with Gasteiger partial charge in [-0.05, 0) is 87.5 Å². The first-order chi connectivity index (χ1) is 26.8. The molecule has 0 unspecified atom stereocenters. The Balaban J connectivity index is 1.46. The van der Waals surface area contributed by atoms with Crippen LogP contribution in [0, 0.1) is 5.41 Å². The summed E-state index contributed by atoms with van der Waals surface area (Å²) in [5.41, 5.74) is 1.58. The molecule has 0 spiro atoms. The minimum atomic E-state index is -3.94. The summed E-state index contributed by atoms with van der Waals surface area (Å²) in [6.45, 7) is 11.1. The molecule has 312 valence electrons. The molecule has 3 N–H and O–H groups in total. The fourth-order valence-corrected chi connectivity index (χ4v) is 8.86. The number of ether oxygens (including phenoxy) is 2. The Labute approximate surface area is 335 Å². The molecule has 3 aliphatic heterocycles. The van der Waals surface area contributed by atoms with Crippen LogP contribution >= 0.6 is 0 Å². The number of ketones is 1. The van der Waals surface area contributed by atoms with Crippen molar-refractivity contribution in [3.05, 3.63) is 52.6 Å². The standard InChI is InChI=1S/C41H57N5O10S/c1-7-18-41(6,37(50)44-57(53,54)31-15-16-31)43-35(48)34-21-30-23-46(34)36(49)33(17-14-29(47)20-26(2)3)42-38(51)55-25-40(4,5)19-9-8-11-27-12-10-13-28-22-45(24-32(27)28)39(52)56-30/h8,10-13,20,30-31,33-34H,7,9,14-19,21-25H2,1-6H3,(H,42,51)(H,43,48)(H,44,50)/b11-8+/t30-,33+,34+,41+/m1/s1. The minimum Gasteiger partial charge on any atom is -0.449 e. The number of rotatable bonds is 11. The molecule has 1 saturated carbocycles. The Morgan fingerprint density at radius 2 is 1.84 bits per heavy atom. The predicted molar refractivity (Wildman–Crippen MR) is 212 cm³/mol. The number of allylic oxidation sites excluding steroid dienone is 3. The Kier molecular flexibility index (Phi) is 13.6. The molecule has 4 aliphatic rings. The number of nitrogens with zero attached hydrogens (tertiary/aromatic N) is 2. The van der Waals surface area contributed by atoms with E-state index in [1.165, 1.54) is 17.9 Å². The van der Waals surface area contributed by atoms with E-state index in [2.05, 4.69) is 15.4 Å². The first-order valence-corrected chi connectivity index (χ1v) is 21.4. The first-order valence-electron chi connectivity index (χ1n) is 19.8. The topological polar surface area (TPSA) is 198 Å². The van der Waals surface area contributed by atoms with Crippen LogP contribution in [0.15, 0.2) is 35.9 Å². The maximum absolute atomic E-state index is 14.5. The van der Waals surface area contributed by atoms with E-state index in [0.717, 1.165) is 22.3 Å². The zero-order valence-corrected chi connectivity index (χ0v) is 34.7. The lowest BCUT2D eigenvalue weighted by Crippen LogP contribution is -2.62. The number of benzene rings is 1. The van der Waals surface area contributed by atoms with E-state index < -0.39 is 74.3 Å². The number of cyclic esters (lactones) is 1. The van der Waals surface area contributed by atoms with Crippen LogP contribution in [-0.2, 0) is 51.8 Å². The zero-order valence-electron chi connectivity index (χ0n) is 33.9.